The number of carbonyl (C=O) groups excluding carboxylic acids is 3. The number of ether oxygens (including phenoxy) is 3. The summed E-state index contributed by atoms with van der Waals surface area (Å²) in [4.78, 5) is 38.3. The minimum atomic E-state index is -0.805. The fraction of sp³-hybridized carbons (Fsp3) is 0.681. The molecule has 6 nitrogen and oxygen atoms in total. The van der Waals surface area contributed by atoms with E-state index in [1.807, 2.05) is 0 Å². The Balaban J connectivity index is 4.42. The van der Waals surface area contributed by atoms with Gasteiger partial charge in [0, 0.05) is 19.3 Å². The molecule has 0 bridgehead atoms. The van der Waals surface area contributed by atoms with Gasteiger partial charge in [-0.2, -0.15) is 0 Å². The monoisotopic (exact) mass is 1080 g/mol. The third-order valence-corrected chi connectivity index (χ3v) is 13.7. The number of unbranched alkanes of at least 4 members (excludes halogenated alkanes) is 27. The molecule has 0 fully saturated rings. The van der Waals surface area contributed by atoms with Crippen molar-refractivity contribution in [2.24, 2.45) is 0 Å². The molecule has 0 rings (SSSR count). The molecule has 0 aromatic carbocycles. The highest BCUT2D eigenvalue weighted by atomic mass is 16.6. The topological polar surface area (TPSA) is 78.9 Å². The van der Waals surface area contributed by atoms with E-state index in [2.05, 4.69) is 142 Å². The van der Waals surface area contributed by atoms with Crippen LogP contribution in [-0.4, -0.2) is 37.2 Å². The molecule has 0 N–H and O–H groups in total. The molecule has 444 valence electrons. The van der Waals surface area contributed by atoms with Crippen LogP contribution in [0.15, 0.2) is 122 Å². The largest absolute Gasteiger partial charge is 0.462 e. The lowest BCUT2D eigenvalue weighted by molar-refractivity contribution is -0.167. The summed E-state index contributed by atoms with van der Waals surface area (Å²) < 4.78 is 16.9. The Hall–Kier alpha value is -4.19. The average Bonchev–Trinajstić information content (AvgIpc) is 3.44. The molecular formula is C72H120O6. The van der Waals surface area contributed by atoms with Gasteiger partial charge in [-0.3, -0.25) is 14.4 Å². The minimum absolute atomic E-state index is 0.0997. The molecule has 0 spiro atoms. The number of carbonyl (C=O) groups is 3. The lowest BCUT2D eigenvalue weighted by Gasteiger charge is -2.18. The van der Waals surface area contributed by atoms with Crippen molar-refractivity contribution in [1.82, 2.24) is 0 Å². The van der Waals surface area contributed by atoms with E-state index in [4.69, 9.17) is 14.2 Å². The van der Waals surface area contributed by atoms with Crippen LogP contribution in [0.25, 0.3) is 0 Å². The predicted molar refractivity (Wildman–Crippen MR) is 339 cm³/mol. The van der Waals surface area contributed by atoms with Crippen LogP contribution < -0.4 is 0 Å². The molecule has 0 saturated carbocycles. The second kappa shape index (κ2) is 65.3. The van der Waals surface area contributed by atoms with Crippen LogP contribution >= 0.6 is 0 Å². The molecular weight excluding hydrogens is 961 g/mol. The summed E-state index contributed by atoms with van der Waals surface area (Å²) in [6, 6.07) is 0. The molecule has 0 heterocycles. The van der Waals surface area contributed by atoms with Crippen LogP contribution in [0, 0.1) is 0 Å². The predicted octanol–water partition coefficient (Wildman–Crippen LogP) is 22.4. The van der Waals surface area contributed by atoms with Crippen LogP contribution in [0.1, 0.15) is 297 Å². The zero-order valence-electron chi connectivity index (χ0n) is 50.9. The van der Waals surface area contributed by atoms with E-state index in [9.17, 15) is 14.4 Å². The molecule has 1 atom stereocenters. The summed E-state index contributed by atoms with van der Waals surface area (Å²) in [5.74, 6) is -0.947. The highest BCUT2D eigenvalue weighted by molar-refractivity contribution is 5.71. The summed E-state index contributed by atoms with van der Waals surface area (Å²) in [6.45, 7) is 6.39. The molecule has 6 heteroatoms. The van der Waals surface area contributed by atoms with E-state index in [0.717, 1.165) is 135 Å². The first-order valence-electron chi connectivity index (χ1n) is 32.5. The van der Waals surface area contributed by atoms with Crippen molar-refractivity contribution < 1.29 is 28.6 Å². The summed E-state index contributed by atoms with van der Waals surface area (Å²) in [6.07, 6.45) is 90.6. The van der Waals surface area contributed by atoms with Gasteiger partial charge in [0.2, 0.25) is 0 Å². The van der Waals surface area contributed by atoms with Crippen LogP contribution in [0.4, 0.5) is 0 Å². The SMILES string of the molecule is CC/C=C\C/C=C\C/C=C\C/C=C\C/C=C\C/C=C\CCCCCCCCC(=O)OCC(COC(=O)CCCC/C=C\C/C=C\C/C=C\C/C=C\CC)OC(=O)CCCCCCCCCCCCCCCCCCCCCC. The molecule has 0 saturated heterocycles. The second-order valence-electron chi connectivity index (χ2n) is 21.3. The minimum Gasteiger partial charge on any atom is -0.462 e. The molecule has 0 aliphatic rings. The van der Waals surface area contributed by atoms with E-state index in [1.54, 1.807) is 0 Å². The van der Waals surface area contributed by atoms with E-state index < -0.39 is 6.10 Å². The summed E-state index contributed by atoms with van der Waals surface area (Å²) in [5, 5.41) is 0. The van der Waals surface area contributed by atoms with E-state index in [0.29, 0.717) is 19.3 Å². The average molecular weight is 1080 g/mol. The molecule has 0 aromatic heterocycles. The molecule has 1 unspecified atom stereocenters. The van der Waals surface area contributed by atoms with Gasteiger partial charge >= 0.3 is 17.9 Å². The second-order valence-corrected chi connectivity index (χ2v) is 21.3. The van der Waals surface area contributed by atoms with E-state index >= 15 is 0 Å². The zero-order valence-corrected chi connectivity index (χ0v) is 50.9. The summed E-state index contributed by atoms with van der Waals surface area (Å²) in [7, 11) is 0. The Morgan fingerprint density at radius 3 is 0.808 bits per heavy atom. The maximum absolute atomic E-state index is 12.9. The molecule has 0 aliphatic heterocycles. The Labute approximate surface area is 482 Å². The highest BCUT2D eigenvalue weighted by Crippen LogP contribution is 2.16. The van der Waals surface area contributed by atoms with Gasteiger partial charge in [0.1, 0.15) is 13.2 Å². The Morgan fingerprint density at radius 2 is 0.500 bits per heavy atom. The quantitative estimate of drug-likeness (QED) is 0.0261. The van der Waals surface area contributed by atoms with Crippen LogP contribution in [-0.2, 0) is 28.6 Å². The van der Waals surface area contributed by atoms with Crippen molar-refractivity contribution in [2.75, 3.05) is 13.2 Å². The van der Waals surface area contributed by atoms with Crippen LogP contribution in [0.2, 0.25) is 0 Å². The maximum Gasteiger partial charge on any atom is 0.306 e. The molecule has 0 aliphatic carbocycles. The van der Waals surface area contributed by atoms with E-state index in [-0.39, 0.29) is 31.1 Å². The third-order valence-electron chi connectivity index (χ3n) is 13.7. The lowest BCUT2D eigenvalue weighted by atomic mass is 10.0. The number of hydrogen-bond donors (Lipinski definition) is 0. The fourth-order valence-corrected chi connectivity index (χ4v) is 8.91. The Morgan fingerprint density at radius 1 is 0.269 bits per heavy atom. The lowest BCUT2D eigenvalue weighted by Crippen LogP contribution is -2.30. The van der Waals surface area contributed by atoms with Gasteiger partial charge in [-0.1, -0.05) is 290 Å². The Bertz CT molecular complexity index is 1620. The smallest absolute Gasteiger partial charge is 0.306 e. The highest BCUT2D eigenvalue weighted by Gasteiger charge is 2.19. The van der Waals surface area contributed by atoms with Gasteiger partial charge in [-0.25, -0.2) is 0 Å². The van der Waals surface area contributed by atoms with Gasteiger partial charge in [-0.15, -0.1) is 0 Å². The van der Waals surface area contributed by atoms with Crippen molar-refractivity contribution >= 4 is 17.9 Å². The van der Waals surface area contributed by atoms with E-state index in [1.165, 1.54) is 122 Å². The number of allylic oxidation sites excluding steroid dienone is 20. The standard InChI is InChI=1S/C72H120O6/c1-4-7-10-13-16-19-22-25-28-30-32-34-35-36-37-38-40-41-44-47-50-53-56-59-62-65-71(74)77-68-69(67-76-70(73)64-61-58-55-52-49-46-43-27-24-21-18-15-12-9-6-3)78-72(75)66-63-60-57-54-51-48-45-42-39-33-31-29-26-23-20-17-14-11-8-5-2/h7,9-10,12,16,18-19,21,25,27-28,32,34,36-37,40-41,43,49,52,69H,4-6,8,11,13-15,17,20,22-24,26,29-31,33,35,38-39,42,44-48,50-51,53-68H2,1-3H3/b10-7-,12-9-,19-16-,21-18-,28-25-,34-32-,37-36-,41-40-,43-27-,52-49-. The molecule has 0 radical (unpaired) electrons. The van der Waals surface area contributed by atoms with Crippen molar-refractivity contribution in [1.29, 1.82) is 0 Å². The normalized spacial score (nSPS) is 12.9. The first-order valence-corrected chi connectivity index (χ1v) is 32.5. The van der Waals surface area contributed by atoms with Gasteiger partial charge in [0.15, 0.2) is 6.10 Å². The first kappa shape index (κ1) is 73.8. The van der Waals surface area contributed by atoms with Gasteiger partial charge < -0.3 is 14.2 Å². The Kier molecular flexibility index (Phi) is 61.8. The summed E-state index contributed by atoms with van der Waals surface area (Å²) >= 11 is 0. The van der Waals surface area contributed by atoms with Crippen molar-refractivity contribution in [2.45, 2.75) is 303 Å². The zero-order chi connectivity index (χ0) is 56.4. The van der Waals surface area contributed by atoms with Crippen molar-refractivity contribution in [3.8, 4) is 0 Å². The molecule has 0 amide bonds. The molecule has 78 heavy (non-hydrogen) atoms. The fourth-order valence-electron chi connectivity index (χ4n) is 8.91. The van der Waals surface area contributed by atoms with Crippen molar-refractivity contribution in [3.63, 3.8) is 0 Å². The molecule has 0 aromatic rings. The van der Waals surface area contributed by atoms with Crippen LogP contribution in [0.5, 0.6) is 0 Å². The number of hydrogen-bond acceptors (Lipinski definition) is 6. The van der Waals surface area contributed by atoms with Gasteiger partial charge in [0.25, 0.3) is 0 Å². The van der Waals surface area contributed by atoms with Crippen molar-refractivity contribution in [3.05, 3.63) is 122 Å². The number of rotatable bonds is 58. The first-order chi connectivity index (χ1) is 38.5. The van der Waals surface area contributed by atoms with Gasteiger partial charge in [-0.05, 0) is 109 Å². The third kappa shape index (κ3) is 62.7. The van der Waals surface area contributed by atoms with Crippen LogP contribution in [0.3, 0.4) is 0 Å². The van der Waals surface area contributed by atoms with Gasteiger partial charge in [0.05, 0.1) is 0 Å². The summed E-state index contributed by atoms with van der Waals surface area (Å²) in [5.41, 5.74) is 0. The number of esters is 3. The maximum atomic E-state index is 12.9.